The number of nitriles is 1. The number of aryl methyl sites for hydroxylation is 1. The van der Waals surface area contributed by atoms with Crippen LogP contribution in [-0.2, 0) is 11.8 Å². The Kier molecular flexibility index (Phi) is 7.76. The van der Waals surface area contributed by atoms with E-state index in [2.05, 4.69) is 38.1 Å². The Morgan fingerprint density at radius 3 is 2.86 bits per heavy atom. The van der Waals surface area contributed by atoms with Crippen LogP contribution in [0.1, 0.15) is 16.9 Å². The third kappa shape index (κ3) is 5.67. The largest absolute Gasteiger partial charge is 0.379 e. The predicted molar refractivity (Wildman–Crippen MR) is 145 cm³/mol. The molecule has 5 rings (SSSR count). The molecule has 1 aliphatic heterocycles. The van der Waals surface area contributed by atoms with Gasteiger partial charge in [0.05, 0.1) is 44.6 Å². The molecule has 0 unspecified atom stereocenters. The van der Waals surface area contributed by atoms with E-state index in [0.29, 0.717) is 10.6 Å². The van der Waals surface area contributed by atoms with E-state index in [1.165, 1.54) is 23.1 Å². The minimum absolute atomic E-state index is 0.471. The number of hydrogen-bond donors (Lipinski definition) is 1. The number of pyridine rings is 1. The van der Waals surface area contributed by atoms with Gasteiger partial charge < -0.3 is 14.6 Å². The number of imidazole rings is 1. The maximum absolute atomic E-state index is 9.72. The fourth-order valence-electron chi connectivity index (χ4n) is 3.79. The number of rotatable bonds is 6. The van der Waals surface area contributed by atoms with Crippen LogP contribution in [0.25, 0.3) is 10.2 Å². The zero-order chi connectivity index (χ0) is 24.9. The van der Waals surface area contributed by atoms with Crippen molar-refractivity contribution in [2.24, 2.45) is 7.05 Å². The van der Waals surface area contributed by atoms with Gasteiger partial charge in [-0.2, -0.15) is 5.26 Å². The van der Waals surface area contributed by atoms with E-state index in [1.807, 2.05) is 42.1 Å². The third-order valence-electron chi connectivity index (χ3n) is 5.71. The predicted octanol–water partition coefficient (Wildman–Crippen LogP) is 5.52. The first-order valence-corrected chi connectivity index (χ1v) is 13.4. The molecule has 1 saturated heterocycles. The molecule has 1 aliphatic rings. The maximum atomic E-state index is 9.72. The van der Waals surface area contributed by atoms with Gasteiger partial charge in [-0.05, 0) is 24.3 Å². The summed E-state index contributed by atoms with van der Waals surface area (Å²) >= 11 is 9.63. The number of nitrogens with one attached hydrogen (secondary N) is 1. The normalized spacial score (nSPS) is 13.8. The second-order valence-corrected chi connectivity index (χ2v) is 10.7. The van der Waals surface area contributed by atoms with Crippen LogP contribution >= 0.6 is 34.7 Å². The standard InChI is InChI=1S/C26H23ClN6OS2/c1-32-9-7-29-26(32)36-23-6-5-19(14-21(23)27)31-24-18(16-28)17-30-22-15-20(35-25(22)24)4-2-3-8-33-10-12-34-13-11-33/h5-7,9,14-15,17H,3,8,10-13H2,1H3,(H,30,31). The number of benzene rings is 1. The number of halogens is 1. The van der Waals surface area contributed by atoms with Gasteiger partial charge in [-0.3, -0.25) is 9.88 Å². The van der Waals surface area contributed by atoms with Crippen molar-refractivity contribution >= 4 is 56.3 Å². The molecule has 1 aromatic carbocycles. The van der Waals surface area contributed by atoms with Gasteiger partial charge in [-0.15, -0.1) is 11.3 Å². The lowest BCUT2D eigenvalue weighted by molar-refractivity contribution is 0.0390. The number of anilines is 2. The summed E-state index contributed by atoms with van der Waals surface area (Å²) in [6.45, 7) is 4.47. The lowest BCUT2D eigenvalue weighted by atomic mass is 10.2. The molecule has 182 valence electrons. The molecule has 0 spiro atoms. The minimum Gasteiger partial charge on any atom is -0.379 e. The van der Waals surface area contributed by atoms with Crippen LogP contribution in [-0.4, -0.2) is 52.3 Å². The van der Waals surface area contributed by atoms with Crippen molar-refractivity contribution in [1.29, 1.82) is 5.26 Å². The highest BCUT2D eigenvalue weighted by Gasteiger charge is 2.14. The monoisotopic (exact) mass is 534 g/mol. The lowest BCUT2D eigenvalue weighted by Gasteiger charge is -2.25. The number of hydrogen-bond acceptors (Lipinski definition) is 8. The van der Waals surface area contributed by atoms with Crippen LogP contribution < -0.4 is 5.32 Å². The van der Waals surface area contributed by atoms with Crippen molar-refractivity contribution in [2.45, 2.75) is 16.5 Å². The summed E-state index contributed by atoms with van der Waals surface area (Å²) in [7, 11) is 1.95. The van der Waals surface area contributed by atoms with Gasteiger partial charge in [0.2, 0.25) is 0 Å². The second-order valence-electron chi connectivity index (χ2n) is 8.18. The molecule has 0 amide bonds. The van der Waals surface area contributed by atoms with Crippen LogP contribution in [0, 0.1) is 23.2 Å². The lowest BCUT2D eigenvalue weighted by Crippen LogP contribution is -2.36. The molecule has 0 bridgehead atoms. The molecule has 0 saturated carbocycles. The Morgan fingerprint density at radius 2 is 2.11 bits per heavy atom. The average molecular weight is 535 g/mol. The van der Waals surface area contributed by atoms with Crippen molar-refractivity contribution in [2.75, 3.05) is 38.2 Å². The summed E-state index contributed by atoms with van der Waals surface area (Å²) in [4.78, 5) is 13.0. The summed E-state index contributed by atoms with van der Waals surface area (Å²) in [5.74, 6) is 6.55. The van der Waals surface area contributed by atoms with Gasteiger partial charge in [0.25, 0.3) is 0 Å². The van der Waals surface area contributed by atoms with E-state index in [9.17, 15) is 5.26 Å². The van der Waals surface area contributed by atoms with Crippen LogP contribution in [0.5, 0.6) is 0 Å². The zero-order valence-corrected chi connectivity index (χ0v) is 22.0. The molecular weight excluding hydrogens is 512 g/mol. The van der Waals surface area contributed by atoms with Gasteiger partial charge >= 0.3 is 0 Å². The Bertz CT molecular complexity index is 1490. The fraction of sp³-hybridized carbons (Fsp3) is 0.269. The Balaban J connectivity index is 1.35. The third-order valence-corrected chi connectivity index (χ3v) is 8.34. The van der Waals surface area contributed by atoms with Crippen LogP contribution in [0.2, 0.25) is 5.02 Å². The quantitative estimate of drug-likeness (QED) is 0.326. The first kappa shape index (κ1) is 24.6. The molecule has 0 atom stereocenters. The van der Waals surface area contributed by atoms with Crippen LogP contribution in [0.3, 0.4) is 0 Å². The Labute approximate surface area is 223 Å². The molecule has 4 heterocycles. The van der Waals surface area contributed by atoms with Crippen molar-refractivity contribution in [1.82, 2.24) is 19.4 Å². The van der Waals surface area contributed by atoms with Crippen molar-refractivity contribution in [3.8, 4) is 17.9 Å². The molecule has 0 aliphatic carbocycles. The van der Waals surface area contributed by atoms with Crippen molar-refractivity contribution in [3.63, 3.8) is 0 Å². The van der Waals surface area contributed by atoms with E-state index >= 15 is 0 Å². The molecule has 1 fully saturated rings. The van der Waals surface area contributed by atoms with Gasteiger partial charge in [0.1, 0.15) is 6.07 Å². The van der Waals surface area contributed by atoms with Crippen LogP contribution in [0.4, 0.5) is 11.4 Å². The van der Waals surface area contributed by atoms with Gasteiger partial charge in [0.15, 0.2) is 5.16 Å². The molecule has 10 heteroatoms. The summed E-state index contributed by atoms with van der Waals surface area (Å²) in [5, 5.41) is 14.6. The maximum Gasteiger partial charge on any atom is 0.172 e. The second kappa shape index (κ2) is 11.3. The number of aromatic nitrogens is 3. The topological polar surface area (TPSA) is 79.0 Å². The van der Waals surface area contributed by atoms with E-state index < -0.39 is 0 Å². The first-order valence-electron chi connectivity index (χ1n) is 11.4. The SMILES string of the molecule is Cn1ccnc1Sc1ccc(Nc2c(C#N)cnc3cc(C#CCCN4CCOCC4)sc23)cc1Cl. The molecule has 1 N–H and O–H groups in total. The summed E-state index contributed by atoms with van der Waals surface area (Å²) in [5.41, 5.74) is 2.79. The fourth-order valence-corrected chi connectivity index (χ4v) is 5.89. The van der Waals surface area contributed by atoms with E-state index in [1.54, 1.807) is 12.4 Å². The molecule has 4 aromatic rings. The number of nitrogens with zero attached hydrogens (tertiary/aromatic N) is 5. The number of ether oxygens (including phenoxy) is 1. The van der Waals surface area contributed by atoms with E-state index in [0.717, 1.165) is 75.8 Å². The average Bonchev–Trinajstić information content (AvgIpc) is 3.50. The molecule has 0 radical (unpaired) electrons. The van der Waals surface area contributed by atoms with Gasteiger partial charge in [-0.1, -0.05) is 35.2 Å². The Hall–Kier alpha value is -3.05. The molecule has 7 nitrogen and oxygen atoms in total. The van der Waals surface area contributed by atoms with E-state index in [4.69, 9.17) is 16.3 Å². The smallest absolute Gasteiger partial charge is 0.172 e. The number of fused-ring (bicyclic) bond motifs is 1. The highest BCUT2D eigenvalue weighted by Crippen LogP contribution is 2.37. The molecule has 3 aromatic heterocycles. The van der Waals surface area contributed by atoms with Gasteiger partial charge in [0, 0.05) is 62.3 Å². The van der Waals surface area contributed by atoms with Crippen LogP contribution in [0.15, 0.2) is 52.9 Å². The molecule has 36 heavy (non-hydrogen) atoms. The number of morpholine rings is 1. The number of thiophene rings is 1. The molecular formula is C26H23ClN6OS2. The highest BCUT2D eigenvalue weighted by atomic mass is 35.5. The Morgan fingerprint density at radius 1 is 1.25 bits per heavy atom. The zero-order valence-electron chi connectivity index (χ0n) is 19.6. The summed E-state index contributed by atoms with van der Waals surface area (Å²) in [6.07, 6.45) is 6.05. The highest BCUT2D eigenvalue weighted by molar-refractivity contribution is 7.99. The van der Waals surface area contributed by atoms with Gasteiger partial charge in [-0.25, -0.2) is 4.98 Å². The van der Waals surface area contributed by atoms with Crippen molar-refractivity contribution < 1.29 is 4.74 Å². The minimum atomic E-state index is 0.471. The van der Waals surface area contributed by atoms with E-state index in [-0.39, 0.29) is 0 Å². The first-order chi connectivity index (χ1) is 17.6. The van der Waals surface area contributed by atoms with Crippen molar-refractivity contribution in [3.05, 3.63) is 58.3 Å². The summed E-state index contributed by atoms with van der Waals surface area (Å²) < 4.78 is 8.24. The summed E-state index contributed by atoms with van der Waals surface area (Å²) in [6, 6.07) is 9.99.